The van der Waals surface area contributed by atoms with Crippen LogP contribution in [0.3, 0.4) is 0 Å². The molecule has 15 heavy (non-hydrogen) atoms. The summed E-state index contributed by atoms with van der Waals surface area (Å²) in [6.07, 6.45) is 0.505. The third-order valence-corrected chi connectivity index (χ3v) is 2.80. The number of hydrogen-bond donors (Lipinski definition) is 0. The standard InChI is InChI=1S/C12H16O2S/c1-2-15-9-8-12(13)14-10-11-6-4-3-5-7-11/h3-7H,2,8-10H2,1H3. The number of rotatable bonds is 6. The topological polar surface area (TPSA) is 26.3 Å². The maximum Gasteiger partial charge on any atom is 0.306 e. The highest BCUT2D eigenvalue weighted by Gasteiger charge is 2.02. The van der Waals surface area contributed by atoms with E-state index in [0.29, 0.717) is 13.0 Å². The molecule has 0 saturated carbocycles. The van der Waals surface area contributed by atoms with E-state index in [2.05, 4.69) is 6.92 Å². The van der Waals surface area contributed by atoms with Crippen LogP contribution < -0.4 is 0 Å². The van der Waals surface area contributed by atoms with Crippen LogP contribution in [0.2, 0.25) is 0 Å². The summed E-state index contributed by atoms with van der Waals surface area (Å²) in [7, 11) is 0. The first-order chi connectivity index (χ1) is 7.33. The second-order valence-corrected chi connectivity index (χ2v) is 4.49. The molecule has 0 N–H and O–H groups in total. The Labute approximate surface area is 95.0 Å². The van der Waals surface area contributed by atoms with Gasteiger partial charge in [0.1, 0.15) is 6.61 Å². The fraction of sp³-hybridized carbons (Fsp3) is 0.417. The molecule has 0 saturated heterocycles. The van der Waals surface area contributed by atoms with Crippen molar-refractivity contribution in [1.29, 1.82) is 0 Å². The lowest BCUT2D eigenvalue weighted by Crippen LogP contribution is -2.05. The van der Waals surface area contributed by atoms with E-state index in [1.165, 1.54) is 0 Å². The molecule has 0 aliphatic carbocycles. The Balaban J connectivity index is 2.17. The SMILES string of the molecule is CCSCCC(=O)OCc1ccccc1. The largest absolute Gasteiger partial charge is 0.461 e. The molecular weight excluding hydrogens is 208 g/mol. The van der Waals surface area contributed by atoms with Gasteiger partial charge in [0.2, 0.25) is 0 Å². The highest BCUT2D eigenvalue weighted by atomic mass is 32.2. The van der Waals surface area contributed by atoms with E-state index in [1.54, 1.807) is 11.8 Å². The zero-order valence-corrected chi connectivity index (χ0v) is 9.76. The lowest BCUT2D eigenvalue weighted by atomic mass is 10.2. The molecule has 0 aliphatic rings. The Kier molecular flexibility index (Phi) is 5.93. The molecule has 0 radical (unpaired) electrons. The number of thioether (sulfide) groups is 1. The van der Waals surface area contributed by atoms with Crippen LogP contribution in [0.1, 0.15) is 18.9 Å². The molecule has 0 bridgehead atoms. The van der Waals surface area contributed by atoms with Gasteiger partial charge in [-0.05, 0) is 11.3 Å². The number of benzene rings is 1. The summed E-state index contributed by atoms with van der Waals surface area (Å²) in [4.78, 5) is 11.3. The molecule has 0 amide bonds. The smallest absolute Gasteiger partial charge is 0.306 e. The summed E-state index contributed by atoms with van der Waals surface area (Å²) < 4.78 is 5.12. The minimum absolute atomic E-state index is 0.111. The third kappa shape index (κ3) is 5.47. The molecule has 0 fully saturated rings. The molecule has 2 nitrogen and oxygen atoms in total. The lowest BCUT2D eigenvalue weighted by Gasteiger charge is -2.04. The van der Waals surface area contributed by atoms with Crippen molar-refractivity contribution in [1.82, 2.24) is 0 Å². The van der Waals surface area contributed by atoms with Crippen LogP contribution in [-0.4, -0.2) is 17.5 Å². The molecule has 0 aromatic heterocycles. The van der Waals surface area contributed by atoms with E-state index in [4.69, 9.17) is 4.74 Å². The van der Waals surface area contributed by atoms with Gasteiger partial charge in [0.25, 0.3) is 0 Å². The Morgan fingerprint density at radius 1 is 1.33 bits per heavy atom. The molecule has 0 atom stereocenters. The Morgan fingerprint density at radius 2 is 2.07 bits per heavy atom. The van der Waals surface area contributed by atoms with E-state index in [9.17, 15) is 4.79 Å². The van der Waals surface area contributed by atoms with Crippen molar-refractivity contribution in [3.05, 3.63) is 35.9 Å². The highest BCUT2D eigenvalue weighted by molar-refractivity contribution is 7.99. The van der Waals surface area contributed by atoms with Gasteiger partial charge in [-0.2, -0.15) is 11.8 Å². The van der Waals surface area contributed by atoms with Crippen LogP contribution in [0.25, 0.3) is 0 Å². The first-order valence-electron chi connectivity index (χ1n) is 5.10. The first kappa shape index (κ1) is 12.1. The van der Waals surface area contributed by atoms with Crippen LogP contribution >= 0.6 is 11.8 Å². The predicted octanol–water partition coefficient (Wildman–Crippen LogP) is 2.87. The first-order valence-corrected chi connectivity index (χ1v) is 6.25. The van der Waals surface area contributed by atoms with E-state index in [-0.39, 0.29) is 5.97 Å². The summed E-state index contributed by atoms with van der Waals surface area (Å²) in [5, 5.41) is 0. The second-order valence-electron chi connectivity index (χ2n) is 3.09. The molecule has 0 aliphatic heterocycles. The van der Waals surface area contributed by atoms with E-state index < -0.39 is 0 Å². The number of esters is 1. The Morgan fingerprint density at radius 3 is 2.73 bits per heavy atom. The maximum atomic E-state index is 11.3. The Bertz CT molecular complexity index is 285. The summed E-state index contributed by atoms with van der Waals surface area (Å²) in [5.41, 5.74) is 1.04. The average Bonchev–Trinajstić information content (AvgIpc) is 2.28. The minimum Gasteiger partial charge on any atom is -0.461 e. The van der Waals surface area contributed by atoms with Gasteiger partial charge in [-0.25, -0.2) is 0 Å². The monoisotopic (exact) mass is 224 g/mol. The van der Waals surface area contributed by atoms with Crippen molar-refractivity contribution in [2.24, 2.45) is 0 Å². The van der Waals surface area contributed by atoms with Crippen molar-refractivity contribution >= 4 is 17.7 Å². The predicted molar refractivity (Wildman–Crippen MR) is 63.9 cm³/mol. The minimum atomic E-state index is -0.111. The summed E-state index contributed by atoms with van der Waals surface area (Å²) in [6.45, 7) is 2.47. The Hall–Kier alpha value is -0.960. The van der Waals surface area contributed by atoms with Gasteiger partial charge in [-0.1, -0.05) is 37.3 Å². The molecule has 0 spiro atoms. The molecule has 0 heterocycles. The van der Waals surface area contributed by atoms with E-state index in [1.807, 2.05) is 30.3 Å². The lowest BCUT2D eigenvalue weighted by molar-refractivity contribution is -0.144. The molecule has 1 aromatic rings. The van der Waals surface area contributed by atoms with Crippen molar-refractivity contribution in [3.8, 4) is 0 Å². The van der Waals surface area contributed by atoms with Crippen molar-refractivity contribution in [2.45, 2.75) is 20.0 Å². The number of carbonyl (C=O) groups is 1. The maximum absolute atomic E-state index is 11.3. The van der Waals surface area contributed by atoms with Gasteiger partial charge in [0.15, 0.2) is 0 Å². The zero-order valence-electron chi connectivity index (χ0n) is 8.94. The van der Waals surface area contributed by atoms with Crippen LogP contribution in [0.4, 0.5) is 0 Å². The third-order valence-electron chi connectivity index (χ3n) is 1.90. The van der Waals surface area contributed by atoms with E-state index >= 15 is 0 Å². The summed E-state index contributed by atoms with van der Waals surface area (Å²) >= 11 is 1.76. The van der Waals surface area contributed by atoms with Crippen molar-refractivity contribution in [3.63, 3.8) is 0 Å². The second kappa shape index (κ2) is 7.35. The normalized spacial score (nSPS) is 9.93. The van der Waals surface area contributed by atoms with Crippen molar-refractivity contribution < 1.29 is 9.53 Å². The average molecular weight is 224 g/mol. The number of carbonyl (C=O) groups excluding carboxylic acids is 1. The zero-order chi connectivity index (χ0) is 10.9. The van der Waals surface area contributed by atoms with Gasteiger partial charge < -0.3 is 4.74 Å². The molecule has 0 unspecified atom stereocenters. The fourth-order valence-electron chi connectivity index (χ4n) is 1.11. The van der Waals surface area contributed by atoms with Gasteiger partial charge in [0.05, 0.1) is 6.42 Å². The number of ether oxygens (including phenoxy) is 1. The van der Waals surface area contributed by atoms with Crippen LogP contribution in [0, 0.1) is 0 Å². The summed E-state index contributed by atoms with van der Waals surface area (Å²) in [5.74, 6) is 1.79. The van der Waals surface area contributed by atoms with Gasteiger partial charge >= 0.3 is 5.97 Å². The fourth-order valence-corrected chi connectivity index (χ4v) is 1.71. The summed E-state index contributed by atoms with van der Waals surface area (Å²) in [6, 6.07) is 9.73. The molecule has 3 heteroatoms. The molecule has 82 valence electrons. The highest BCUT2D eigenvalue weighted by Crippen LogP contribution is 2.05. The van der Waals surface area contributed by atoms with Crippen LogP contribution in [0.5, 0.6) is 0 Å². The quantitative estimate of drug-likeness (QED) is 0.549. The van der Waals surface area contributed by atoms with Gasteiger partial charge in [0, 0.05) is 5.75 Å². The van der Waals surface area contributed by atoms with Crippen molar-refractivity contribution in [2.75, 3.05) is 11.5 Å². The number of hydrogen-bond acceptors (Lipinski definition) is 3. The van der Waals surface area contributed by atoms with Gasteiger partial charge in [-0.15, -0.1) is 0 Å². The molecule has 1 rings (SSSR count). The van der Waals surface area contributed by atoms with Crippen LogP contribution in [-0.2, 0) is 16.1 Å². The van der Waals surface area contributed by atoms with E-state index in [0.717, 1.165) is 17.1 Å². The molecule has 1 aromatic carbocycles. The molecular formula is C12H16O2S. The van der Waals surface area contributed by atoms with Gasteiger partial charge in [-0.3, -0.25) is 4.79 Å². The van der Waals surface area contributed by atoms with Crippen LogP contribution in [0.15, 0.2) is 30.3 Å².